The summed E-state index contributed by atoms with van der Waals surface area (Å²) in [6.07, 6.45) is 0. The number of aryl methyl sites for hydroxylation is 1. The summed E-state index contributed by atoms with van der Waals surface area (Å²) in [5, 5.41) is 2.59. The van der Waals surface area contributed by atoms with Gasteiger partial charge in [0.2, 0.25) is 0 Å². The van der Waals surface area contributed by atoms with E-state index in [9.17, 15) is 19.2 Å². The van der Waals surface area contributed by atoms with Crippen LogP contribution in [0.2, 0.25) is 0 Å². The Morgan fingerprint density at radius 3 is 2.17 bits per heavy atom. The first-order valence-electron chi connectivity index (χ1n) is 9.17. The highest BCUT2D eigenvalue weighted by Gasteiger charge is 2.35. The van der Waals surface area contributed by atoms with Crippen molar-refractivity contribution in [3.05, 3.63) is 54.1 Å². The molecule has 30 heavy (non-hydrogen) atoms. The van der Waals surface area contributed by atoms with E-state index in [4.69, 9.17) is 9.47 Å². The lowest BCUT2D eigenvalue weighted by Gasteiger charge is -2.13. The standard InChI is InChI=1S/C21H21N3O6/c1-14-3-7-16(8-4-14)30-17-9-5-15(6-10-17)22-18(25)13-29-20(27)12-24-19(26)11-23(2)21(24)28/h3-10H,11-13H2,1-2H3,(H,22,25). The summed E-state index contributed by atoms with van der Waals surface area (Å²) in [6, 6.07) is 13.7. The summed E-state index contributed by atoms with van der Waals surface area (Å²) in [4.78, 5) is 49.1. The smallest absolute Gasteiger partial charge is 0.327 e. The molecule has 0 bridgehead atoms. The monoisotopic (exact) mass is 411 g/mol. The highest BCUT2D eigenvalue weighted by molar-refractivity contribution is 6.04. The molecule has 0 unspecified atom stereocenters. The predicted octanol–water partition coefficient (Wildman–Crippen LogP) is 2.16. The molecule has 2 aromatic carbocycles. The molecule has 4 amide bonds. The van der Waals surface area contributed by atoms with Gasteiger partial charge >= 0.3 is 12.0 Å². The van der Waals surface area contributed by atoms with Crippen molar-refractivity contribution in [2.24, 2.45) is 0 Å². The van der Waals surface area contributed by atoms with Gasteiger partial charge in [0.1, 0.15) is 24.6 Å². The molecule has 1 aliphatic rings. The zero-order valence-corrected chi connectivity index (χ0v) is 16.6. The van der Waals surface area contributed by atoms with Gasteiger partial charge in [0, 0.05) is 12.7 Å². The highest BCUT2D eigenvalue weighted by atomic mass is 16.5. The van der Waals surface area contributed by atoms with Gasteiger partial charge in [-0.25, -0.2) is 4.79 Å². The van der Waals surface area contributed by atoms with Crippen LogP contribution in [0.25, 0.3) is 0 Å². The van der Waals surface area contributed by atoms with Gasteiger partial charge in [-0.15, -0.1) is 0 Å². The second-order valence-electron chi connectivity index (χ2n) is 6.77. The molecule has 3 rings (SSSR count). The summed E-state index contributed by atoms with van der Waals surface area (Å²) in [6.45, 7) is 0.839. The molecular weight excluding hydrogens is 390 g/mol. The molecule has 0 spiro atoms. The summed E-state index contributed by atoms with van der Waals surface area (Å²) in [7, 11) is 1.45. The summed E-state index contributed by atoms with van der Waals surface area (Å²) in [5.41, 5.74) is 1.63. The fourth-order valence-electron chi connectivity index (χ4n) is 2.69. The summed E-state index contributed by atoms with van der Waals surface area (Å²) in [5.74, 6) is -0.578. The van der Waals surface area contributed by atoms with Gasteiger partial charge in [-0.05, 0) is 43.3 Å². The number of urea groups is 1. The van der Waals surface area contributed by atoms with E-state index in [-0.39, 0.29) is 6.54 Å². The van der Waals surface area contributed by atoms with E-state index in [1.54, 1.807) is 24.3 Å². The van der Waals surface area contributed by atoms with Gasteiger partial charge in [0.05, 0.1) is 0 Å². The van der Waals surface area contributed by atoms with E-state index in [0.717, 1.165) is 10.5 Å². The van der Waals surface area contributed by atoms with Crippen LogP contribution in [0.4, 0.5) is 10.5 Å². The number of nitrogens with zero attached hydrogens (tertiary/aromatic N) is 2. The lowest BCUT2D eigenvalue weighted by molar-refractivity contribution is -0.149. The zero-order chi connectivity index (χ0) is 21.7. The molecule has 9 heteroatoms. The Bertz CT molecular complexity index is 956. The Morgan fingerprint density at radius 1 is 1.00 bits per heavy atom. The first kappa shape index (κ1) is 20.8. The number of nitrogens with one attached hydrogen (secondary N) is 1. The molecule has 9 nitrogen and oxygen atoms in total. The molecule has 1 aliphatic heterocycles. The topological polar surface area (TPSA) is 105 Å². The number of carbonyl (C=O) groups excluding carboxylic acids is 4. The van der Waals surface area contributed by atoms with E-state index in [1.807, 2.05) is 31.2 Å². The third-order valence-electron chi connectivity index (χ3n) is 4.28. The van der Waals surface area contributed by atoms with Crippen LogP contribution in [0, 0.1) is 6.92 Å². The second-order valence-corrected chi connectivity index (χ2v) is 6.77. The quantitative estimate of drug-likeness (QED) is 0.553. The van der Waals surface area contributed by atoms with E-state index in [1.165, 1.54) is 11.9 Å². The van der Waals surface area contributed by atoms with Crippen LogP contribution in [0.5, 0.6) is 11.5 Å². The fourth-order valence-corrected chi connectivity index (χ4v) is 2.69. The predicted molar refractivity (Wildman–Crippen MR) is 107 cm³/mol. The minimum atomic E-state index is -0.844. The van der Waals surface area contributed by atoms with Gasteiger partial charge in [0.15, 0.2) is 6.61 Å². The Kier molecular flexibility index (Phi) is 6.31. The minimum Gasteiger partial charge on any atom is -0.457 e. The number of rotatable bonds is 7. The number of amides is 4. The number of esters is 1. The number of imide groups is 1. The van der Waals surface area contributed by atoms with Crippen molar-refractivity contribution in [1.29, 1.82) is 0 Å². The van der Waals surface area contributed by atoms with Crippen molar-refractivity contribution >= 4 is 29.5 Å². The molecule has 0 radical (unpaired) electrons. The zero-order valence-electron chi connectivity index (χ0n) is 16.6. The largest absolute Gasteiger partial charge is 0.457 e. The highest BCUT2D eigenvalue weighted by Crippen LogP contribution is 2.23. The number of carbonyl (C=O) groups is 4. The van der Waals surface area contributed by atoms with E-state index < -0.39 is 37.0 Å². The molecule has 1 saturated heterocycles. The second kappa shape index (κ2) is 9.08. The Morgan fingerprint density at radius 2 is 1.60 bits per heavy atom. The van der Waals surface area contributed by atoms with Crippen molar-refractivity contribution in [1.82, 2.24) is 9.80 Å². The van der Waals surface area contributed by atoms with Gasteiger partial charge in [-0.3, -0.25) is 19.3 Å². The Balaban J connectivity index is 1.44. The van der Waals surface area contributed by atoms with Crippen molar-refractivity contribution in [2.75, 3.05) is 32.1 Å². The Labute approximate surface area is 173 Å². The van der Waals surface area contributed by atoms with Crippen molar-refractivity contribution < 1.29 is 28.7 Å². The summed E-state index contributed by atoms with van der Waals surface area (Å²) >= 11 is 0. The van der Waals surface area contributed by atoms with Gasteiger partial charge < -0.3 is 19.7 Å². The van der Waals surface area contributed by atoms with Crippen LogP contribution in [0.15, 0.2) is 48.5 Å². The van der Waals surface area contributed by atoms with Crippen LogP contribution >= 0.6 is 0 Å². The van der Waals surface area contributed by atoms with Crippen LogP contribution in [-0.2, 0) is 19.1 Å². The molecule has 0 aromatic heterocycles. The number of hydrogen-bond acceptors (Lipinski definition) is 6. The number of benzene rings is 2. The molecular formula is C21H21N3O6. The van der Waals surface area contributed by atoms with Crippen LogP contribution in [-0.4, -0.2) is 60.4 Å². The SMILES string of the molecule is Cc1ccc(Oc2ccc(NC(=O)COC(=O)CN3C(=O)CN(C)C3=O)cc2)cc1. The minimum absolute atomic E-state index is 0.0871. The van der Waals surface area contributed by atoms with E-state index >= 15 is 0 Å². The van der Waals surface area contributed by atoms with Crippen LogP contribution in [0.3, 0.4) is 0 Å². The molecule has 1 N–H and O–H groups in total. The Hall–Kier alpha value is -3.88. The normalized spacial score (nSPS) is 13.4. The van der Waals surface area contributed by atoms with Crippen molar-refractivity contribution in [3.63, 3.8) is 0 Å². The number of anilines is 1. The number of likely N-dealkylation sites (N-methyl/N-ethyl adjacent to an activating group) is 1. The maximum atomic E-state index is 12.0. The third-order valence-corrected chi connectivity index (χ3v) is 4.28. The molecule has 1 heterocycles. The van der Waals surface area contributed by atoms with E-state index in [0.29, 0.717) is 17.2 Å². The van der Waals surface area contributed by atoms with Gasteiger partial charge in [-0.2, -0.15) is 0 Å². The van der Waals surface area contributed by atoms with Gasteiger partial charge in [0.25, 0.3) is 11.8 Å². The lowest BCUT2D eigenvalue weighted by atomic mass is 10.2. The maximum Gasteiger partial charge on any atom is 0.327 e. The summed E-state index contributed by atoms with van der Waals surface area (Å²) < 4.78 is 10.6. The van der Waals surface area contributed by atoms with Gasteiger partial charge in [-0.1, -0.05) is 17.7 Å². The molecule has 0 aliphatic carbocycles. The lowest BCUT2D eigenvalue weighted by Crippen LogP contribution is -2.37. The third kappa shape index (κ3) is 5.34. The van der Waals surface area contributed by atoms with Crippen molar-refractivity contribution in [3.8, 4) is 11.5 Å². The number of hydrogen-bond donors (Lipinski definition) is 1. The fraction of sp³-hybridized carbons (Fsp3) is 0.238. The first-order chi connectivity index (χ1) is 14.3. The van der Waals surface area contributed by atoms with Crippen LogP contribution < -0.4 is 10.1 Å². The average molecular weight is 411 g/mol. The van der Waals surface area contributed by atoms with E-state index in [2.05, 4.69) is 5.32 Å². The molecule has 0 saturated carbocycles. The molecule has 2 aromatic rings. The number of ether oxygens (including phenoxy) is 2. The molecule has 0 atom stereocenters. The van der Waals surface area contributed by atoms with Crippen molar-refractivity contribution in [2.45, 2.75) is 6.92 Å². The maximum absolute atomic E-state index is 12.0. The van der Waals surface area contributed by atoms with Crippen LogP contribution in [0.1, 0.15) is 5.56 Å². The molecule has 1 fully saturated rings. The first-order valence-corrected chi connectivity index (χ1v) is 9.17. The molecule has 156 valence electrons. The average Bonchev–Trinajstić information content (AvgIpc) is 2.95.